The summed E-state index contributed by atoms with van der Waals surface area (Å²) >= 11 is 3.53. The van der Waals surface area contributed by atoms with Crippen molar-refractivity contribution in [3.05, 3.63) is 23.4 Å². The Morgan fingerprint density at radius 3 is 2.53 bits per heavy atom. The van der Waals surface area contributed by atoms with Gasteiger partial charge in [0.15, 0.2) is 14.0 Å². The number of thioether (sulfide) groups is 2. The second kappa shape index (κ2) is 8.92. The van der Waals surface area contributed by atoms with Gasteiger partial charge in [0.1, 0.15) is 17.0 Å². The van der Waals surface area contributed by atoms with Crippen molar-refractivity contribution in [2.45, 2.75) is 57.3 Å². The highest BCUT2D eigenvalue weighted by atomic mass is 32.2. The molecule has 0 aromatic rings. The number of amides is 1. The Labute approximate surface area is 189 Å². The number of carbonyl (C=O) groups excluding carboxylic acids is 2. The topological polar surface area (TPSA) is 59.1 Å². The minimum atomic E-state index is -2.00. The van der Waals surface area contributed by atoms with Crippen LogP contribution in [0.4, 0.5) is 0 Å². The van der Waals surface area contributed by atoms with Crippen LogP contribution in [-0.4, -0.2) is 72.7 Å². The van der Waals surface area contributed by atoms with Crippen molar-refractivity contribution in [1.29, 1.82) is 0 Å². The average Bonchev–Trinajstić information content (AvgIpc) is 3.00. The van der Waals surface area contributed by atoms with Gasteiger partial charge in [-0.1, -0.05) is 45.2 Å². The van der Waals surface area contributed by atoms with Crippen LogP contribution >= 0.6 is 23.5 Å². The van der Waals surface area contributed by atoms with Crippen molar-refractivity contribution in [3.8, 4) is 0 Å². The highest BCUT2D eigenvalue weighted by Gasteiger charge is 2.60. The van der Waals surface area contributed by atoms with Gasteiger partial charge in [-0.25, -0.2) is 4.79 Å². The summed E-state index contributed by atoms with van der Waals surface area (Å²) in [6.07, 6.45) is 1.36. The summed E-state index contributed by atoms with van der Waals surface area (Å²) in [7, 11) is -2.00. The van der Waals surface area contributed by atoms with Crippen LogP contribution in [0.3, 0.4) is 0 Å². The first-order valence-corrected chi connectivity index (χ1v) is 15.5. The predicted octanol–water partition coefficient (Wildman–Crippen LogP) is 3.88. The van der Waals surface area contributed by atoms with Gasteiger partial charge < -0.3 is 14.1 Å². The van der Waals surface area contributed by atoms with Gasteiger partial charge in [-0.05, 0) is 25.1 Å². The highest BCUT2D eigenvalue weighted by Crippen LogP contribution is 2.53. The summed E-state index contributed by atoms with van der Waals surface area (Å²) in [6.45, 7) is 18.5. The number of esters is 1. The molecule has 0 saturated carbocycles. The molecule has 0 unspecified atom stereocenters. The molecule has 0 aliphatic carbocycles. The fraction of sp³-hybridized carbons (Fsp3) is 0.714. The number of rotatable bonds is 7. The molecule has 0 spiro atoms. The fourth-order valence-corrected chi connectivity index (χ4v) is 7.64. The maximum Gasteiger partial charge on any atom is 0.358 e. The molecule has 0 bridgehead atoms. The normalized spacial score (nSPS) is 25.7. The smallest absolute Gasteiger partial charge is 0.358 e. The molecule has 1 amide bonds. The van der Waals surface area contributed by atoms with Crippen LogP contribution in [0, 0.1) is 5.92 Å². The lowest BCUT2D eigenvalue weighted by molar-refractivity contribution is -0.157. The summed E-state index contributed by atoms with van der Waals surface area (Å²) in [5.74, 6) is 1.31. The van der Waals surface area contributed by atoms with E-state index in [0.29, 0.717) is 5.70 Å². The second-order valence-electron chi connectivity index (χ2n) is 9.47. The van der Waals surface area contributed by atoms with E-state index in [0.717, 1.165) is 29.6 Å². The lowest BCUT2D eigenvalue weighted by Gasteiger charge is -2.48. The van der Waals surface area contributed by atoms with Crippen molar-refractivity contribution in [2.75, 3.05) is 31.2 Å². The third-order valence-corrected chi connectivity index (χ3v) is 13.3. The second-order valence-corrected chi connectivity index (χ2v) is 16.6. The Morgan fingerprint density at radius 2 is 1.97 bits per heavy atom. The first-order valence-electron chi connectivity index (χ1n) is 10.5. The number of ether oxygens (including phenoxy) is 1. The summed E-state index contributed by atoms with van der Waals surface area (Å²) in [6, 6.07) is 0. The van der Waals surface area contributed by atoms with Gasteiger partial charge in [0, 0.05) is 24.6 Å². The van der Waals surface area contributed by atoms with E-state index in [2.05, 4.69) is 45.3 Å². The van der Waals surface area contributed by atoms with Crippen molar-refractivity contribution >= 4 is 43.7 Å². The Balaban J connectivity index is 1.81. The van der Waals surface area contributed by atoms with Gasteiger partial charge >= 0.3 is 5.97 Å². The van der Waals surface area contributed by atoms with E-state index in [4.69, 9.17) is 9.16 Å². The monoisotopic (exact) mass is 470 g/mol. The molecule has 0 radical (unpaired) electrons. The molecule has 3 rings (SSSR count). The van der Waals surface area contributed by atoms with Crippen LogP contribution < -0.4 is 0 Å². The Hall–Kier alpha value is -0.903. The number of hydrogen-bond donors (Lipinski definition) is 0. The molecule has 3 heterocycles. The summed E-state index contributed by atoms with van der Waals surface area (Å²) < 4.78 is 11.9. The van der Waals surface area contributed by atoms with E-state index in [1.807, 2.05) is 18.7 Å². The van der Waals surface area contributed by atoms with E-state index in [-0.39, 0.29) is 34.9 Å². The minimum absolute atomic E-state index is 0.0364. The maximum atomic E-state index is 13.2. The molecule has 168 valence electrons. The molecule has 0 aromatic carbocycles. The molecule has 3 aliphatic rings. The Morgan fingerprint density at radius 1 is 1.33 bits per heavy atom. The number of β-lactam (4-membered cyclic amide) rings is 1. The Kier molecular flexibility index (Phi) is 7.06. The van der Waals surface area contributed by atoms with Crippen LogP contribution in [0.15, 0.2) is 23.4 Å². The molecule has 0 aromatic heterocycles. The quantitative estimate of drug-likeness (QED) is 0.242. The number of fused-ring (bicyclic) bond motifs is 1. The van der Waals surface area contributed by atoms with Crippen molar-refractivity contribution < 1.29 is 18.8 Å². The zero-order valence-corrected chi connectivity index (χ0v) is 21.5. The van der Waals surface area contributed by atoms with E-state index in [1.54, 1.807) is 22.7 Å². The van der Waals surface area contributed by atoms with Crippen LogP contribution in [0.1, 0.15) is 27.7 Å². The largest absolute Gasteiger partial charge is 0.457 e. The summed E-state index contributed by atoms with van der Waals surface area (Å²) in [5, 5.41) is 0.850. The molecule has 9 heteroatoms. The van der Waals surface area contributed by atoms with Gasteiger partial charge in [-0.15, -0.1) is 0 Å². The molecule has 2 saturated heterocycles. The fourth-order valence-electron chi connectivity index (χ4n) is 3.65. The first-order chi connectivity index (χ1) is 14.0. The molecule has 3 atom stereocenters. The van der Waals surface area contributed by atoms with Crippen LogP contribution in [-0.2, 0) is 18.8 Å². The van der Waals surface area contributed by atoms with Crippen LogP contribution in [0.5, 0.6) is 0 Å². The molecule has 3 aliphatic heterocycles. The lowest BCUT2D eigenvalue weighted by atomic mass is 9.92. The van der Waals surface area contributed by atoms with Gasteiger partial charge in [-0.2, -0.15) is 11.8 Å². The lowest BCUT2D eigenvalue weighted by Crippen LogP contribution is -2.62. The van der Waals surface area contributed by atoms with E-state index in [1.165, 1.54) is 0 Å². The summed E-state index contributed by atoms with van der Waals surface area (Å²) in [4.78, 5) is 29.9. The Bertz CT molecular complexity index is 744. The maximum absolute atomic E-state index is 13.2. The van der Waals surface area contributed by atoms with E-state index < -0.39 is 14.3 Å². The minimum Gasteiger partial charge on any atom is -0.457 e. The molecule has 0 N–H and O–H groups in total. The van der Waals surface area contributed by atoms with Gasteiger partial charge in [-0.3, -0.25) is 9.69 Å². The molecular weight excluding hydrogens is 436 g/mol. The molecular formula is C21H34N2O4S2Si. The standard InChI is InChI=1S/C21H34N2O4S2Si/c1-8-11-26-20(25)16-19(22-9-12-28-13-10-22)29-18-15(17(24)23(16)18)14(2)27-30(6,7)21(3,4)5/h8,14-15,18H,1,9-13H2,2-7H3/t14-,15-,18+/m0/s1. The average molecular weight is 471 g/mol. The third-order valence-electron chi connectivity index (χ3n) is 6.38. The zero-order valence-electron chi connectivity index (χ0n) is 18.9. The predicted molar refractivity (Wildman–Crippen MR) is 127 cm³/mol. The van der Waals surface area contributed by atoms with Gasteiger partial charge in [0.25, 0.3) is 0 Å². The van der Waals surface area contributed by atoms with Crippen molar-refractivity contribution in [1.82, 2.24) is 9.80 Å². The molecule has 2 fully saturated rings. The van der Waals surface area contributed by atoms with E-state index in [9.17, 15) is 9.59 Å². The molecule has 30 heavy (non-hydrogen) atoms. The first kappa shape index (κ1) is 23.8. The highest BCUT2D eigenvalue weighted by molar-refractivity contribution is 8.04. The van der Waals surface area contributed by atoms with Crippen molar-refractivity contribution in [3.63, 3.8) is 0 Å². The zero-order chi connectivity index (χ0) is 22.3. The van der Waals surface area contributed by atoms with Gasteiger partial charge in [0.05, 0.1) is 12.0 Å². The number of hydrogen-bond acceptors (Lipinski definition) is 7. The SMILES string of the molecule is C=CCOC(=O)C1=C(N2CCSCC2)S[C@@H]2[C@@H]([C@H](C)O[Si](C)(C)C(C)(C)C)C(=O)N12. The number of nitrogens with zero attached hydrogens (tertiary/aromatic N) is 2. The van der Waals surface area contributed by atoms with Gasteiger partial charge in [0.2, 0.25) is 5.91 Å². The third kappa shape index (κ3) is 4.35. The van der Waals surface area contributed by atoms with Crippen LogP contribution in [0.2, 0.25) is 18.1 Å². The van der Waals surface area contributed by atoms with E-state index >= 15 is 0 Å². The van der Waals surface area contributed by atoms with Crippen molar-refractivity contribution in [2.24, 2.45) is 5.92 Å². The number of carbonyl (C=O) groups is 2. The van der Waals surface area contributed by atoms with Crippen LogP contribution in [0.25, 0.3) is 0 Å². The summed E-state index contributed by atoms with van der Waals surface area (Å²) in [5.41, 5.74) is 0.402. The molecule has 6 nitrogen and oxygen atoms in total.